The van der Waals surface area contributed by atoms with E-state index in [1.165, 1.54) is 18.4 Å². The fourth-order valence-electron chi connectivity index (χ4n) is 3.37. The van der Waals surface area contributed by atoms with Gasteiger partial charge in [0.15, 0.2) is 5.78 Å². The number of allylic oxidation sites excluding steroid dienone is 1. The van der Waals surface area contributed by atoms with Gasteiger partial charge in [0.2, 0.25) is 0 Å². The lowest BCUT2D eigenvalue weighted by atomic mass is 9.84. The van der Waals surface area contributed by atoms with Crippen molar-refractivity contribution in [2.45, 2.75) is 114 Å². The summed E-state index contributed by atoms with van der Waals surface area (Å²) in [6.45, 7) is 21.4. The van der Waals surface area contributed by atoms with Crippen LogP contribution < -0.4 is 0 Å². The number of ketones is 1. The Bertz CT molecular complexity index is 713. The topological polar surface area (TPSA) is 63.1 Å². The molecule has 2 rings (SSSR count). The van der Waals surface area contributed by atoms with Crippen LogP contribution in [0.5, 0.6) is 0 Å². The third-order valence-corrected chi connectivity index (χ3v) is 6.21. The standard InChI is InChI=1S/C23H38N2O2.C4H8.C2H6/c1-8-19(23(5,6)7)13-20-17(4)24-14-21(25-20)22(27)12-10-9-11-18(15-26)16(2)3;1-4-2-3-4;1-2/h13-14,16,18,26H,8-12,15H2,1-7H3;4H,2-3H2,1H3;1-2H3/b19-13+;;. The number of carbonyl (C=O) groups excluding carboxylic acids is 1. The van der Waals surface area contributed by atoms with Gasteiger partial charge >= 0.3 is 0 Å². The lowest BCUT2D eigenvalue weighted by molar-refractivity contribution is 0.0972. The summed E-state index contributed by atoms with van der Waals surface area (Å²) in [5, 5.41) is 9.40. The van der Waals surface area contributed by atoms with E-state index in [1.54, 1.807) is 6.20 Å². The van der Waals surface area contributed by atoms with Gasteiger partial charge in [0.05, 0.1) is 17.6 Å². The maximum absolute atomic E-state index is 12.5. The highest BCUT2D eigenvalue weighted by Gasteiger charge is 2.17. The number of hydrogen-bond acceptors (Lipinski definition) is 4. The summed E-state index contributed by atoms with van der Waals surface area (Å²) in [7, 11) is 0. The fourth-order valence-corrected chi connectivity index (χ4v) is 3.37. The number of nitrogens with zero attached hydrogens (tertiary/aromatic N) is 2. The Balaban J connectivity index is 0.00000149. The molecule has 1 unspecified atom stereocenters. The molecule has 1 aliphatic rings. The van der Waals surface area contributed by atoms with Crippen molar-refractivity contribution in [3.8, 4) is 0 Å². The van der Waals surface area contributed by atoms with Crippen molar-refractivity contribution in [3.05, 3.63) is 28.9 Å². The van der Waals surface area contributed by atoms with E-state index < -0.39 is 0 Å². The molecular formula is C29H52N2O2. The van der Waals surface area contributed by atoms with E-state index in [0.29, 0.717) is 24.0 Å². The molecule has 0 bridgehead atoms. The average Bonchev–Trinajstić information content (AvgIpc) is 3.55. The summed E-state index contributed by atoms with van der Waals surface area (Å²) in [4.78, 5) is 21.5. The summed E-state index contributed by atoms with van der Waals surface area (Å²) >= 11 is 0. The molecule has 33 heavy (non-hydrogen) atoms. The van der Waals surface area contributed by atoms with Crippen LogP contribution in [-0.2, 0) is 0 Å². The first-order chi connectivity index (χ1) is 15.5. The second kappa shape index (κ2) is 16.1. The summed E-state index contributed by atoms with van der Waals surface area (Å²) in [5.74, 6) is 1.93. The number of aliphatic hydroxyl groups excluding tert-OH is 1. The van der Waals surface area contributed by atoms with Gasteiger partial charge in [-0.1, -0.05) is 87.1 Å². The average molecular weight is 461 g/mol. The first-order valence-corrected chi connectivity index (χ1v) is 13.2. The molecule has 1 aliphatic carbocycles. The van der Waals surface area contributed by atoms with Crippen LogP contribution in [0.3, 0.4) is 0 Å². The summed E-state index contributed by atoms with van der Waals surface area (Å²) in [6, 6.07) is 0. The highest BCUT2D eigenvalue weighted by atomic mass is 16.3. The number of Topliss-reactive ketones (excluding diaryl/α,β-unsaturated/α-hetero) is 1. The number of rotatable bonds is 10. The first-order valence-electron chi connectivity index (χ1n) is 13.2. The molecule has 1 atom stereocenters. The van der Waals surface area contributed by atoms with Crippen molar-refractivity contribution in [1.82, 2.24) is 9.97 Å². The minimum atomic E-state index is 0.0519. The molecule has 1 fully saturated rings. The monoisotopic (exact) mass is 460 g/mol. The number of aliphatic hydroxyl groups is 1. The minimum Gasteiger partial charge on any atom is -0.396 e. The third kappa shape index (κ3) is 13.1. The minimum absolute atomic E-state index is 0.0519. The van der Waals surface area contributed by atoms with Crippen LogP contribution in [0.1, 0.15) is 129 Å². The predicted molar refractivity (Wildman–Crippen MR) is 142 cm³/mol. The van der Waals surface area contributed by atoms with Crippen LogP contribution in [0.25, 0.3) is 6.08 Å². The van der Waals surface area contributed by atoms with E-state index in [2.05, 4.69) is 64.5 Å². The molecule has 4 nitrogen and oxygen atoms in total. The highest BCUT2D eigenvalue weighted by molar-refractivity contribution is 5.94. The Labute approximate surface area is 204 Å². The molecule has 0 spiro atoms. The molecule has 1 N–H and O–H groups in total. The van der Waals surface area contributed by atoms with E-state index in [9.17, 15) is 9.90 Å². The highest BCUT2D eigenvalue weighted by Crippen LogP contribution is 2.30. The van der Waals surface area contributed by atoms with E-state index in [4.69, 9.17) is 0 Å². The van der Waals surface area contributed by atoms with E-state index >= 15 is 0 Å². The Hall–Kier alpha value is -1.55. The van der Waals surface area contributed by atoms with E-state index in [1.807, 2.05) is 20.8 Å². The molecule has 1 heterocycles. The van der Waals surface area contributed by atoms with Crippen LogP contribution in [0.15, 0.2) is 11.8 Å². The van der Waals surface area contributed by atoms with Gasteiger partial charge in [0.1, 0.15) is 5.69 Å². The molecule has 4 heteroatoms. The Morgan fingerprint density at radius 1 is 1.21 bits per heavy atom. The van der Waals surface area contributed by atoms with Gasteiger partial charge in [0, 0.05) is 13.0 Å². The van der Waals surface area contributed by atoms with Gasteiger partial charge in [-0.25, -0.2) is 4.98 Å². The molecule has 0 aromatic carbocycles. The Morgan fingerprint density at radius 2 is 1.79 bits per heavy atom. The number of aromatic nitrogens is 2. The van der Waals surface area contributed by atoms with Gasteiger partial charge in [-0.3, -0.25) is 9.78 Å². The quantitative estimate of drug-likeness (QED) is 0.283. The Kier molecular flexibility index (Phi) is 15.4. The number of carbonyl (C=O) groups is 1. The molecule has 190 valence electrons. The predicted octanol–water partition coefficient (Wildman–Crippen LogP) is 8.07. The lowest BCUT2D eigenvalue weighted by Gasteiger charge is -2.22. The van der Waals surface area contributed by atoms with Crippen LogP contribution in [0.2, 0.25) is 0 Å². The molecule has 0 saturated heterocycles. The zero-order valence-corrected chi connectivity index (χ0v) is 23.3. The van der Waals surface area contributed by atoms with Crippen LogP contribution in [0.4, 0.5) is 0 Å². The van der Waals surface area contributed by atoms with Crippen molar-refractivity contribution in [1.29, 1.82) is 0 Å². The molecule has 1 aromatic rings. The van der Waals surface area contributed by atoms with Gasteiger partial charge in [0.25, 0.3) is 0 Å². The summed E-state index contributed by atoms with van der Waals surface area (Å²) < 4.78 is 0. The zero-order chi connectivity index (χ0) is 25.6. The fraction of sp³-hybridized carbons (Fsp3) is 0.759. The summed E-state index contributed by atoms with van der Waals surface area (Å²) in [5.41, 5.74) is 3.48. The first kappa shape index (κ1) is 31.4. The molecule has 0 amide bonds. The zero-order valence-electron chi connectivity index (χ0n) is 23.3. The van der Waals surface area contributed by atoms with Crippen molar-refractivity contribution in [3.63, 3.8) is 0 Å². The van der Waals surface area contributed by atoms with Crippen LogP contribution in [0, 0.1) is 30.1 Å². The maximum atomic E-state index is 12.5. The van der Waals surface area contributed by atoms with E-state index in [0.717, 1.165) is 43.0 Å². The maximum Gasteiger partial charge on any atom is 0.182 e. The van der Waals surface area contributed by atoms with E-state index in [-0.39, 0.29) is 17.8 Å². The van der Waals surface area contributed by atoms with Gasteiger partial charge in [-0.15, -0.1) is 0 Å². The van der Waals surface area contributed by atoms with Crippen molar-refractivity contribution < 1.29 is 9.90 Å². The van der Waals surface area contributed by atoms with Gasteiger partial charge < -0.3 is 5.11 Å². The van der Waals surface area contributed by atoms with Gasteiger partial charge in [-0.2, -0.15) is 0 Å². The van der Waals surface area contributed by atoms with Crippen molar-refractivity contribution in [2.75, 3.05) is 6.61 Å². The molecule has 0 radical (unpaired) electrons. The molecule has 0 aliphatic heterocycles. The number of unbranched alkanes of at least 4 members (excludes halogenated alkanes) is 1. The number of hydrogen-bond donors (Lipinski definition) is 1. The normalized spacial score (nSPS) is 14.7. The molecular weight excluding hydrogens is 408 g/mol. The smallest absolute Gasteiger partial charge is 0.182 e. The molecule has 1 saturated carbocycles. The van der Waals surface area contributed by atoms with Crippen molar-refractivity contribution in [2.24, 2.45) is 23.2 Å². The van der Waals surface area contributed by atoms with Crippen molar-refractivity contribution >= 4 is 11.9 Å². The second-order valence-corrected chi connectivity index (χ2v) is 10.5. The summed E-state index contributed by atoms with van der Waals surface area (Å²) in [6.07, 6.45) is 10.8. The lowest BCUT2D eigenvalue weighted by Crippen LogP contribution is -2.13. The Morgan fingerprint density at radius 3 is 2.21 bits per heavy atom. The largest absolute Gasteiger partial charge is 0.396 e. The molecule has 1 aromatic heterocycles. The third-order valence-electron chi connectivity index (χ3n) is 6.21. The van der Waals surface area contributed by atoms with Gasteiger partial charge in [-0.05, 0) is 55.4 Å². The second-order valence-electron chi connectivity index (χ2n) is 10.5. The SMILES string of the molecule is CC.CC/C(=C\c1nc(C(=O)CCCCC(CO)C(C)C)cnc1C)C(C)(C)C.CC1CC1. The number of aryl methyl sites for hydroxylation is 1. The van der Waals surface area contributed by atoms with Crippen LogP contribution >= 0.6 is 0 Å². The van der Waals surface area contributed by atoms with Crippen LogP contribution in [-0.4, -0.2) is 27.5 Å².